The molecule has 7 nitrogen and oxygen atoms in total. The number of primary amides is 2. The minimum Gasteiger partial charge on any atom is -0.370 e. The van der Waals surface area contributed by atoms with E-state index in [2.05, 4.69) is 10.2 Å². The topological polar surface area (TPSA) is 114 Å². The fourth-order valence-electron chi connectivity index (χ4n) is 3.07. The third kappa shape index (κ3) is 6.81. The van der Waals surface area contributed by atoms with Gasteiger partial charge in [-0.2, -0.15) is 0 Å². The lowest BCUT2D eigenvalue weighted by Gasteiger charge is -2.34. The zero-order valence-corrected chi connectivity index (χ0v) is 17.4. The van der Waals surface area contributed by atoms with Gasteiger partial charge in [0.05, 0.1) is 6.54 Å². The van der Waals surface area contributed by atoms with Gasteiger partial charge in [-0.3, -0.25) is 9.59 Å². The molecule has 8 heteroatoms. The smallest absolute Gasteiger partial charge is 0.248 e. The first-order chi connectivity index (χ1) is 12.0. The maximum absolute atomic E-state index is 11.2. The van der Waals surface area contributed by atoms with Crippen molar-refractivity contribution < 1.29 is 9.59 Å². The van der Waals surface area contributed by atoms with Crippen LogP contribution in [-0.2, 0) is 11.3 Å². The lowest BCUT2D eigenvalue weighted by molar-refractivity contribution is -0.119. The van der Waals surface area contributed by atoms with Gasteiger partial charge in [-0.1, -0.05) is 12.1 Å². The molecule has 1 aromatic rings. The first kappa shape index (κ1) is 22.2. The number of nitrogens with two attached hydrogens (primary N) is 2. The van der Waals surface area contributed by atoms with Crippen molar-refractivity contribution in [2.45, 2.75) is 32.7 Å². The van der Waals surface area contributed by atoms with Crippen LogP contribution in [-0.4, -0.2) is 42.3 Å². The van der Waals surface area contributed by atoms with Gasteiger partial charge in [0.1, 0.15) is 0 Å². The van der Waals surface area contributed by atoms with Crippen LogP contribution in [0.5, 0.6) is 0 Å². The van der Waals surface area contributed by atoms with Crippen LogP contribution in [0.15, 0.2) is 29.3 Å². The number of hydrogen-bond acceptors (Lipinski definition) is 3. The molecule has 0 aliphatic carbocycles. The molecule has 5 N–H and O–H groups in total. The lowest BCUT2D eigenvalue weighted by atomic mass is 9.95. The van der Waals surface area contributed by atoms with Gasteiger partial charge in [0.15, 0.2) is 5.96 Å². The van der Waals surface area contributed by atoms with Gasteiger partial charge in [-0.25, -0.2) is 4.99 Å². The zero-order chi connectivity index (χ0) is 18.2. The van der Waals surface area contributed by atoms with E-state index in [1.54, 1.807) is 12.1 Å². The molecule has 144 valence electrons. The Hall–Kier alpha value is -1.84. The van der Waals surface area contributed by atoms with Crippen LogP contribution in [0.2, 0.25) is 0 Å². The van der Waals surface area contributed by atoms with E-state index in [9.17, 15) is 9.59 Å². The number of nitrogens with zero attached hydrogens (tertiary/aromatic N) is 2. The van der Waals surface area contributed by atoms with Gasteiger partial charge in [0, 0.05) is 31.6 Å². The number of hydrogen-bond donors (Lipinski definition) is 3. The number of amides is 2. The second-order valence-corrected chi connectivity index (χ2v) is 6.36. The molecule has 0 spiro atoms. The molecule has 0 saturated carbocycles. The number of nitrogens with one attached hydrogen (secondary N) is 1. The molecule has 0 radical (unpaired) electrons. The minimum absolute atomic E-state index is 0. The van der Waals surface area contributed by atoms with E-state index < -0.39 is 5.91 Å². The van der Waals surface area contributed by atoms with Crippen molar-refractivity contribution in [1.29, 1.82) is 0 Å². The number of carbonyl (C=O) groups excluding carboxylic acids is 2. The molecule has 1 unspecified atom stereocenters. The number of rotatable bonds is 6. The zero-order valence-electron chi connectivity index (χ0n) is 15.1. The summed E-state index contributed by atoms with van der Waals surface area (Å²) >= 11 is 0. The molecule has 1 fully saturated rings. The largest absolute Gasteiger partial charge is 0.370 e. The summed E-state index contributed by atoms with van der Waals surface area (Å²) in [4.78, 5) is 29.2. The quantitative estimate of drug-likeness (QED) is 0.330. The maximum Gasteiger partial charge on any atom is 0.248 e. The Morgan fingerprint density at radius 1 is 1.27 bits per heavy atom. The SMILES string of the molecule is CCNC(=NCc1ccc(C(N)=O)cc1)N1CCCC(CC(N)=O)C1.I. The molecule has 1 aliphatic heterocycles. The molecule has 1 aliphatic rings. The van der Waals surface area contributed by atoms with Crippen LogP contribution in [0, 0.1) is 5.92 Å². The van der Waals surface area contributed by atoms with Gasteiger partial charge in [-0.15, -0.1) is 24.0 Å². The van der Waals surface area contributed by atoms with Crippen molar-refractivity contribution in [2.24, 2.45) is 22.4 Å². The van der Waals surface area contributed by atoms with Gasteiger partial charge in [-0.05, 0) is 43.4 Å². The molecule has 1 atom stereocenters. The number of piperidine rings is 1. The van der Waals surface area contributed by atoms with E-state index in [0.717, 1.165) is 44.0 Å². The normalized spacial score (nSPS) is 17.3. The highest BCUT2D eigenvalue weighted by molar-refractivity contribution is 14.0. The van der Waals surface area contributed by atoms with Crippen LogP contribution in [0.3, 0.4) is 0 Å². The fourth-order valence-corrected chi connectivity index (χ4v) is 3.07. The third-order valence-electron chi connectivity index (χ3n) is 4.29. The van der Waals surface area contributed by atoms with Crippen molar-refractivity contribution in [3.05, 3.63) is 35.4 Å². The summed E-state index contributed by atoms with van der Waals surface area (Å²) in [6.07, 6.45) is 2.47. The highest BCUT2D eigenvalue weighted by Gasteiger charge is 2.23. The summed E-state index contributed by atoms with van der Waals surface area (Å²) in [6.45, 7) is 5.02. The highest BCUT2D eigenvalue weighted by atomic mass is 127. The average Bonchev–Trinajstić information content (AvgIpc) is 2.58. The molecule has 2 rings (SSSR count). The average molecular weight is 473 g/mol. The Labute approximate surface area is 171 Å². The number of benzene rings is 1. The van der Waals surface area contributed by atoms with E-state index in [-0.39, 0.29) is 35.8 Å². The summed E-state index contributed by atoms with van der Waals surface area (Å²) < 4.78 is 0. The molecule has 1 saturated heterocycles. The lowest BCUT2D eigenvalue weighted by Crippen LogP contribution is -2.47. The monoisotopic (exact) mass is 473 g/mol. The van der Waals surface area contributed by atoms with E-state index >= 15 is 0 Å². The molecule has 1 heterocycles. The van der Waals surface area contributed by atoms with Crippen LogP contribution in [0.4, 0.5) is 0 Å². The van der Waals surface area contributed by atoms with Crippen molar-refractivity contribution in [1.82, 2.24) is 10.2 Å². The molecular weight excluding hydrogens is 445 g/mol. The predicted octanol–water partition coefficient (Wildman–Crippen LogP) is 1.46. The number of likely N-dealkylation sites (tertiary alicyclic amines) is 1. The van der Waals surface area contributed by atoms with E-state index in [4.69, 9.17) is 16.5 Å². The summed E-state index contributed by atoms with van der Waals surface area (Å²) in [7, 11) is 0. The van der Waals surface area contributed by atoms with E-state index in [1.807, 2.05) is 19.1 Å². The summed E-state index contributed by atoms with van der Waals surface area (Å²) in [5, 5.41) is 3.31. The Balaban J connectivity index is 0.00000338. The summed E-state index contributed by atoms with van der Waals surface area (Å²) in [5.41, 5.74) is 12.1. The van der Waals surface area contributed by atoms with Crippen LogP contribution >= 0.6 is 24.0 Å². The molecule has 1 aromatic carbocycles. The Morgan fingerprint density at radius 2 is 1.96 bits per heavy atom. The Bertz CT molecular complexity index is 633. The van der Waals surface area contributed by atoms with Crippen molar-refractivity contribution >= 4 is 41.8 Å². The van der Waals surface area contributed by atoms with Crippen molar-refractivity contribution in [2.75, 3.05) is 19.6 Å². The molecule has 0 aromatic heterocycles. The van der Waals surface area contributed by atoms with Crippen molar-refractivity contribution in [3.63, 3.8) is 0 Å². The number of carbonyl (C=O) groups is 2. The van der Waals surface area contributed by atoms with Gasteiger partial charge < -0.3 is 21.7 Å². The summed E-state index contributed by atoms with van der Waals surface area (Å²) in [5.74, 6) is 0.445. The summed E-state index contributed by atoms with van der Waals surface area (Å²) in [6, 6.07) is 7.15. The van der Waals surface area contributed by atoms with Gasteiger partial charge in [0.25, 0.3) is 0 Å². The maximum atomic E-state index is 11.2. The molecule has 0 bridgehead atoms. The number of aliphatic imine (C=N–C) groups is 1. The fraction of sp³-hybridized carbons (Fsp3) is 0.500. The van der Waals surface area contributed by atoms with Gasteiger partial charge in [0.2, 0.25) is 11.8 Å². The van der Waals surface area contributed by atoms with Crippen molar-refractivity contribution in [3.8, 4) is 0 Å². The molecular formula is C18H28IN5O2. The minimum atomic E-state index is -0.433. The Kier molecular flexibility index (Phi) is 9.39. The van der Waals surface area contributed by atoms with Crippen LogP contribution in [0.1, 0.15) is 42.1 Å². The number of guanidine groups is 1. The van der Waals surface area contributed by atoms with E-state index in [1.165, 1.54) is 0 Å². The molecule has 26 heavy (non-hydrogen) atoms. The predicted molar refractivity (Wildman–Crippen MR) is 113 cm³/mol. The van der Waals surface area contributed by atoms with Crippen LogP contribution < -0.4 is 16.8 Å². The van der Waals surface area contributed by atoms with Gasteiger partial charge >= 0.3 is 0 Å². The second kappa shape index (κ2) is 11.0. The Morgan fingerprint density at radius 3 is 2.54 bits per heavy atom. The third-order valence-corrected chi connectivity index (χ3v) is 4.29. The highest BCUT2D eigenvalue weighted by Crippen LogP contribution is 2.19. The number of halogens is 1. The standard InChI is InChI=1S/C18H27N5O2.HI/c1-2-21-18(23-9-3-4-14(12-23)10-16(19)24)22-11-13-5-7-15(8-6-13)17(20)25;/h5-8,14H,2-4,9-12H2,1H3,(H2,19,24)(H2,20,25)(H,21,22);1H. The van der Waals surface area contributed by atoms with Crippen LogP contribution in [0.25, 0.3) is 0 Å². The second-order valence-electron chi connectivity index (χ2n) is 6.36. The van der Waals surface area contributed by atoms with E-state index in [0.29, 0.717) is 18.5 Å². The molecule has 2 amide bonds. The first-order valence-corrected chi connectivity index (χ1v) is 8.70. The first-order valence-electron chi connectivity index (χ1n) is 8.70.